The van der Waals surface area contributed by atoms with Crippen molar-refractivity contribution < 1.29 is 14.1 Å². The Kier molecular flexibility index (Phi) is 6.41. The number of rotatable bonds is 5. The van der Waals surface area contributed by atoms with Crippen LogP contribution in [0.1, 0.15) is 37.4 Å². The summed E-state index contributed by atoms with van der Waals surface area (Å²) in [6, 6.07) is 9.06. The molecule has 1 amide bonds. The average Bonchev–Trinajstić information content (AvgIpc) is 3.48. The fourth-order valence-electron chi connectivity index (χ4n) is 2.87. The molecule has 0 fully saturated rings. The molecule has 7 nitrogen and oxygen atoms in total. The van der Waals surface area contributed by atoms with Crippen LogP contribution in [0.5, 0.6) is 5.75 Å². The zero-order valence-electron chi connectivity index (χ0n) is 18.0. The highest BCUT2D eigenvalue weighted by molar-refractivity contribution is 8.13. The van der Waals surface area contributed by atoms with Crippen molar-refractivity contribution in [1.29, 1.82) is 0 Å². The van der Waals surface area contributed by atoms with Gasteiger partial charge in [0.2, 0.25) is 5.89 Å². The lowest BCUT2D eigenvalue weighted by atomic mass is 9.97. The molecule has 0 saturated heterocycles. The average molecular weight is 489 g/mol. The van der Waals surface area contributed by atoms with Gasteiger partial charge < -0.3 is 9.26 Å². The van der Waals surface area contributed by atoms with Crippen LogP contribution < -0.4 is 9.64 Å². The van der Waals surface area contributed by atoms with Crippen LogP contribution >= 0.6 is 34.7 Å². The van der Waals surface area contributed by atoms with Crippen LogP contribution in [0.4, 0.5) is 5.69 Å². The number of methoxy groups -OCH3 is 1. The fraction of sp³-hybridized carbons (Fsp3) is 0.273. The molecule has 3 aromatic rings. The zero-order valence-corrected chi connectivity index (χ0v) is 20.3. The van der Waals surface area contributed by atoms with E-state index in [4.69, 9.17) is 20.9 Å². The number of thioether (sulfide) groups is 1. The summed E-state index contributed by atoms with van der Waals surface area (Å²) >= 11 is 9.22. The topological polar surface area (TPSA) is 80.8 Å². The quantitative estimate of drug-likeness (QED) is 0.424. The number of hydrogen-bond acceptors (Lipinski definition) is 8. The maximum absolute atomic E-state index is 13.3. The highest BCUT2D eigenvalue weighted by Crippen LogP contribution is 2.35. The molecule has 3 heterocycles. The lowest BCUT2D eigenvalue weighted by molar-refractivity contribution is -0.113. The summed E-state index contributed by atoms with van der Waals surface area (Å²) in [7, 11) is 1.54. The second-order valence-corrected chi connectivity index (χ2v) is 10.3. The van der Waals surface area contributed by atoms with Crippen molar-refractivity contribution in [2.45, 2.75) is 31.9 Å². The number of amides is 1. The number of nitrogens with zero attached hydrogens (tertiary/aromatic N) is 4. The molecule has 0 aliphatic carbocycles. The number of thiophene rings is 1. The van der Waals surface area contributed by atoms with Gasteiger partial charge in [-0.3, -0.25) is 9.69 Å². The Labute approximate surface area is 199 Å². The normalized spacial score (nSPS) is 15.5. The molecular weight excluding hydrogens is 468 g/mol. The Hall–Kier alpha value is -2.62. The monoisotopic (exact) mass is 488 g/mol. The predicted octanol–water partition coefficient (Wildman–Crippen LogP) is 5.77. The zero-order chi connectivity index (χ0) is 22.9. The molecule has 0 N–H and O–H groups in total. The molecule has 32 heavy (non-hydrogen) atoms. The maximum Gasteiger partial charge on any atom is 0.283 e. The van der Waals surface area contributed by atoms with Gasteiger partial charge in [0.15, 0.2) is 11.0 Å². The van der Waals surface area contributed by atoms with Gasteiger partial charge in [-0.15, -0.1) is 11.3 Å². The Morgan fingerprint density at radius 1 is 1.31 bits per heavy atom. The summed E-state index contributed by atoms with van der Waals surface area (Å²) in [5.41, 5.74) is 0.717. The first-order chi connectivity index (χ1) is 15.3. The molecule has 0 saturated carbocycles. The fourth-order valence-corrected chi connectivity index (χ4v) is 4.63. The van der Waals surface area contributed by atoms with Gasteiger partial charge in [0, 0.05) is 10.3 Å². The minimum absolute atomic E-state index is 0.231. The van der Waals surface area contributed by atoms with E-state index in [1.165, 1.54) is 23.1 Å². The largest absolute Gasteiger partial charge is 0.495 e. The van der Waals surface area contributed by atoms with E-state index in [9.17, 15) is 4.79 Å². The van der Waals surface area contributed by atoms with E-state index >= 15 is 0 Å². The van der Waals surface area contributed by atoms with Gasteiger partial charge in [-0.2, -0.15) is 4.98 Å². The summed E-state index contributed by atoms with van der Waals surface area (Å²) in [6.45, 7) is 6.02. The van der Waals surface area contributed by atoms with Crippen LogP contribution in [0.3, 0.4) is 0 Å². The number of ether oxygens (including phenoxy) is 1. The summed E-state index contributed by atoms with van der Waals surface area (Å²) in [5, 5.41) is 6.94. The van der Waals surface area contributed by atoms with Crippen LogP contribution in [0.2, 0.25) is 5.02 Å². The number of carbonyl (C=O) groups is 1. The Bertz CT molecular complexity index is 1200. The molecule has 0 atom stereocenters. The van der Waals surface area contributed by atoms with Crippen LogP contribution in [-0.2, 0) is 16.0 Å². The van der Waals surface area contributed by atoms with Crippen LogP contribution in [0, 0.1) is 0 Å². The summed E-state index contributed by atoms with van der Waals surface area (Å²) in [5.74, 6) is 1.81. The van der Waals surface area contributed by atoms with Gasteiger partial charge in [-0.05, 0) is 35.7 Å². The lowest BCUT2D eigenvalue weighted by Crippen LogP contribution is -2.30. The number of anilines is 1. The summed E-state index contributed by atoms with van der Waals surface area (Å²) < 4.78 is 10.6. The van der Waals surface area contributed by atoms with Gasteiger partial charge in [0.05, 0.1) is 23.6 Å². The molecular formula is C22H21ClN4O3S2. The maximum atomic E-state index is 13.3. The number of aliphatic imine (C=N–C) groups is 1. The minimum atomic E-state index is -0.237. The predicted molar refractivity (Wildman–Crippen MR) is 130 cm³/mol. The number of benzene rings is 1. The first kappa shape index (κ1) is 22.6. The smallest absolute Gasteiger partial charge is 0.283 e. The number of aromatic nitrogens is 2. The van der Waals surface area contributed by atoms with Crippen molar-refractivity contribution in [3.63, 3.8) is 0 Å². The third-order valence-corrected chi connectivity index (χ3v) is 6.53. The second kappa shape index (κ2) is 9.09. The molecule has 166 valence electrons. The van der Waals surface area contributed by atoms with E-state index in [0.29, 0.717) is 44.8 Å². The molecule has 2 aromatic heterocycles. The van der Waals surface area contributed by atoms with E-state index < -0.39 is 0 Å². The first-order valence-electron chi connectivity index (χ1n) is 9.74. The van der Waals surface area contributed by atoms with E-state index in [1.54, 1.807) is 36.3 Å². The Morgan fingerprint density at radius 3 is 2.75 bits per heavy atom. The number of hydrogen-bond donors (Lipinski definition) is 0. The second-order valence-electron chi connectivity index (χ2n) is 7.95. The molecule has 0 unspecified atom stereocenters. The molecule has 4 rings (SSSR count). The first-order valence-corrected chi connectivity index (χ1v) is 12.0. The SMILES string of the molecule is COc1ccc(N2C(=O)/C(=C\c3cccs3)N=C2SCc2noc(C(C)(C)C)n2)cc1Cl. The third-order valence-electron chi connectivity index (χ3n) is 4.49. The van der Waals surface area contributed by atoms with Gasteiger partial charge in [-0.25, -0.2) is 4.99 Å². The standard InChI is InChI=1S/C22H21ClN4O3S2/c1-22(2,3)20-25-18(26-30-20)12-32-21-24-16(11-14-6-5-9-31-14)19(28)27(21)13-7-8-17(29-4)15(23)10-13/h5-11H,12H2,1-4H3/b16-11+. The van der Waals surface area contributed by atoms with E-state index in [1.807, 2.05) is 38.3 Å². The molecule has 0 spiro atoms. The van der Waals surface area contributed by atoms with Gasteiger partial charge in [0.25, 0.3) is 5.91 Å². The highest BCUT2D eigenvalue weighted by Gasteiger charge is 2.33. The number of carbonyl (C=O) groups excluding carboxylic acids is 1. The molecule has 1 aromatic carbocycles. The molecule has 10 heteroatoms. The number of amidine groups is 1. The third kappa shape index (κ3) is 4.74. The van der Waals surface area contributed by atoms with Crippen molar-refractivity contribution in [3.05, 3.63) is 63.0 Å². The number of halogens is 1. The van der Waals surface area contributed by atoms with Crippen LogP contribution in [-0.4, -0.2) is 28.3 Å². The van der Waals surface area contributed by atoms with Crippen LogP contribution in [0.25, 0.3) is 6.08 Å². The lowest BCUT2D eigenvalue weighted by Gasteiger charge is -2.18. The van der Waals surface area contributed by atoms with E-state index in [0.717, 1.165) is 4.88 Å². The van der Waals surface area contributed by atoms with Gasteiger partial charge in [0.1, 0.15) is 11.4 Å². The van der Waals surface area contributed by atoms with Gasteiger partial charge >= 0.3 is 0 Å². The van der Waals surface area contributed by atoms with Gasteiger partial charge in [-0.1, -0.05) is 55.4 Å². The summed E-state index contributed by atoms with van der Waals surface area (Å²) in [4.78, 5) is 24.8. The summed E-state index contributed by atoms with van der Waals surface area (Å²) in [6.07, 6.45) is 1.78. The molecule has 1 aliphatic rings. The molecule has 1 aliphatic heterocycles. The van der Waals surface area contributed by atoms with Crippen molar-refractivity contribution in [2.24, 2.45) is 4.99 Å². The van der Waals surface area contributed by atoms with Crippen molar-refractivity contribution in [1.82, 2.24) is 10.1 Å². The van der Waals surface area contributed by atoms with Crippen molar-refractivity contribution >= 4 is 57.5 Å². The Morgan fingerprint density at radius 2 is 2.12 bits per heavy atom. The molecule has 0 radical (unpaired) electrons. The van der Waals surface area contributed by atoms with Crippen molar-refractivity contribution in [2.75, 3.05) is 12.0 Å². The minimum Gasteiger partial charge on any atom is -0.495 e. The molecule has 0 bridgehead atoms. The van der Waals surface area contributed by atoms with Crippen LogP contribution in [0.15, 0.2) is 50.9 Å². The van der Waals surface area contributed by atoms with E-state index in [-0.39, 0.29) is 11.3 Å². The van der Waals surface area contributed by atoms with Crippen molar-refractivity contribution in [3.8, 4) is 5.75 Å². The highest BCUT2D eigenvalue weighted by atomic mass is 35.5. The Balaban J connectivity index is 1.64. The van der Waals surface area contributed by atoms with E-state index in [2.05, 4.69) is 15.1 Å².